The summed E-state index contributed by atoms with van der Waals surface area (Å²) < 4.78 is 13.5. The van der Waals surface area contributed by atoms with Crippen LogP contribution < -0.4 is 5.32 Å². The van der Waals surface area contributed by atoms with Gasteiger partial charge in [0.25, 0.3) is 0 Å². The second kappa shape index (κ2) is 4.22. The largest absolute Gasteiger partial charge is 0.478 e. The van der Waals surface area contributed by atoms with Crippen LogP contribution in [0.25, 0.3) is 0 Å². The predicted molar refractivity (Wildman–Crippen MR) is 72.9 cm³/mol. The molecular weight excluding hydrogens is 245 g/mol. The van der Waals surface area contributed by atoms with Crippen molar-refractivity contribution >= 4 is 11.7 Å². The Morgan fingerprint density at radius 3 is 2.32 bits per heavy atom. The third-order valence-electron chi connectivity index (χ3n) is 5.03. The van der Waals surface area contributed by atoms with E-state index in [1.807, 2.05) is 0 Å². The van der Waals surface area contributed by atoms with Gasteiger partial charge in [-0.15, -0.1) is 0 Å². The second-order valence-electron chi connectivity index (χ2n) is 6.38. The fourth-order valence-electron chi connectivity index (χ4n) is 2.86. The van der Waals surface area contributed by atoms with Gasteiger partial charge >= 0.3 is 5.97 Å². The summed E-state index contributed by atoms with van der Waals surface area (Å²) in [4.78, 5) is 10.7. The van der Waals surface area contributed by atoms with Crippen LogP contribution in [0.15, 0.2) is 18.2 Å². The smallest absolute Gasteiger partial charge is 0.338 e. The summed E-state index contributed by atoms with van der Waals surface area (Å²) in [5.74, 6) is -1.41. The first-order valence-corrected chi connectivity index (χ1v) is 6.44. The van der Waals surface area contributed by atoms with Gasteiger partial charge in [0, 0.05) is 12.2 Å². The molecule has 4 heteroatoms. The molecule has 104 valence electrons. The average Bonchev–Trinajstić information content (AvgIpc) is 2.66. The number of halogens is 1. The highest BCUT2D eigenvalue weighted by atomic mass is 19.1. The van der Waals surface area contributed by atoms with Gasteiger partial charge in [-0.3, -0.25) is 0 Å². The molecule has 2 rings (SSSR count). The number of rotatable bonds is 4. The first-order valence-electron chi connectivity index (χ1n) is 6.44. The summed E-state index contributed by atoms with van der Waals surface area (Å²) in [6.07, 6.45) is 0. The summed E-state index contributed by atoms with van der Waals surface area (Å²) >= 11 is 0. The molecule has 3 nitrogen and oxygen atoms in total. The van der Waals surface area contributed by atoms with E-state index >= 15 is 0 Å². The van der Waals surface area contributed by atoms with E-state index in [0.29, 0.717) is 11.6 Å². The lowest BCUT2D eigenvalue weighted by atomic mass is 10.0. The molecule has 0 amide bonds. The topological polar surface area (TPSA) is 49.3 Å². The van der Waals surface area contributed by atoms with Gasteiger partial charge in [-0.2, -0.15) is 0 Å². The van der Waals surface area contributed by atoms with Crippen LogP contribution >= 0.6 is 0 Å². The van der Waals surface area contributed by atoms with Crippen molar-refractivity contribution in [1.29, 1.82) is 0 Å². The van der Waals surface area contributed by atoms with Crippen molar-refractivity contribution in [2.24, 2.45) is 16.7 Å². The quantitative estimate of drug-likeness (QED) is 0.874. The summed E-state index contributed by atoms with van der Waals surface area (Å²) in [6.45, 7) is 9.69. The third kappa shape index (κ3) is 2.20. The van der Waals surface area contributed by atoms with Crippen molar-refractivity contribution in [2.45, 2.75) is 27.7 Å². The number of hydrogen-bond donors (Lipinski definition) is 2. The molecule has 1 saturated carbocycles. The van der Waals surface area contributed by atoms with Crippen LogP contribution in [0.5, 0.6) is 0 Å². The minimum atomic E-state index is -1.24. The highest BCUT2D eigenvalue weighted by Crippen LogP contribution is 2.68. The monoisotopic (exact) mass is 265 g/mol. The molecule has 19 heavy (non-hydrogen) atoms. The Hall–Kier alpha value is -1.58. The maximum Gasteiger partial charge on any atom is 0.338 e. The van der Waals surface area contributed by atoms with Crippen molar-refractivity contribution in [3.63, 3.8) is 0 Å². The molecule has 1 aromatic rings. The first kappa shape index (κ1) is 13.8. The molecule has 0 aromatic heterocycles. The van der Waals surface area contributed by atoms with Crippen LogP contribution in [-0.4, -0.2) is 17.6 Å². The molecule has 0 bridgehead atoms. The lowest BCUT2D eigenvalue weighted by molar-refractivity contribution is 0.0692. The van der Waals surface area contributed by atoms with Crippen LogP contribution in [0, 0.1) is 22.6 Å². The van der Waals surface area contributed by atoms with Gasteiger partial charge < -0.3 is 10.4 Å². The number of aromatic carboxylic acids is 1. The Bertz CT molecular complexity index is 509. The maximum absolute atomic E-state index is 13.5. The standard InChI is InChI=1S/C15H20FNO2/c1-14(2)12(15(14,3)4)8-17-9-5-6-10(13(18)19)11(16)7-9/h5-7,12,17H,8H2,1-4H3,(H,18,19). The van der Waals surface area contributed by atoms with Crippen LogP contribution in [-0.2, 0) is 0 Å². The van der Waals surface area contributed by atoms with Crippen LogP contribution in [0.3, 0.4) is 0 Å². The second-order valence-corrected chi connectivity index (χ2v) is 6.38. The van der Waals surface area contributed by atoms with E-state index in [2.05, 4.69) is 33.0 Å². The van der Waals surface area contributed by atoms with E-state index < -0.39 is 11.8 Å². The molecule has 0 heterocycles. The number of carboxylic acid groups (broad SMARTS) is 1. The van der Waals surface area contributed by atoms with Crippen LogP contribution in [0.1, 0.15) is 38.1 Å². The predicted octanol–water partition coefficient (Wildman–Crippen LogP) is 3.62. The van der Waals surface area contributed by atoms with Crippen molar-refractivity contribution in [2.75, 3.05) is 11.9 Å². The number of carbonyl (C=O) groups is 1. The zero-order valence-electron chi connectivity index (χ0n) is 11.7. The van der Waals surface area contributed by atoms with E-state index in [9.17, 15) is 9.18 Å². The number of hydrogen-bond acceptors (Lipinski definition) is 2. The van der Waals surface area contributed by atoms with Gasteiger partial charge in [0.2, 0.25) is 0 Å². The maximum atomic E-state index is 13.5. The SMILES string of the molecule is CC1(C)C(CNc2ccc(C(=O)O)c(F)c2)C1(C)C. The summed E-state index contributed by atoms with van der Waals surface area (Å²) in [6, 6.07) is 4.14. The van der Waals surface area contributed by atoms with Gasteiger partial charge in [0.15, 0.2) is 0 Å². The van der Waals surface area contributed by atoms with Gasteiger partial charge in [-0.25, -0.2) is 9.18 Å². The Morgan fingerprint density at radius 2 is 1.89 bits per heavy atom. The molecule has 1 aromatic carbocycles. The molecule has 0 radical (unpaired) electrons. The average molecular weight is 265 g/mol. The lowest BCUT2D eigenvalue weighted by Gasteiger charge is -2.08. The molecule has 0 atom stereocenters. The number of carboxylic acids is 1. The highest BCUT2D eigenvalue weighted by molar-refractivity contribution is 5.88. The molecule has 1 aliphatic carbocycles. The van der Waals surface area contributed by atoms with E-state index in [0.717, 1.165) is 6.54 Å². The Balaban J connectivity index is 2.02. The number of anilines is 1. The molecule has 0 aliphatic heterocycles. The van der Waals surface area contributed by atoms with E-state index in [4.69, 9.17) is 5.11 Å². The zero-order valence-corrected chi connectivity index (χ0v) is 11.7. The molecule has 0 spiro atoms. The van der Waals surface area contributed by atoms with E-state index in [1.165, 1.54) is 12.1 Å². The van der Waals surface area contributed by atoms with Crippen molar-refractivity contribution < 1.29 is 14.3 Å². The summed E-state index contributed by atoms with van der Waals surface area (Å²) in [7, 11) is 0. The molecule has 0 saturated heterocycles. The molecule has 0 unspecified atom stereocenters. The zero-order chi connectivity index (χ0) is 14.4. The van der Waals surface area contributed by atoms with Gasteiger partial charge in [0.05, 0.1) is 5.56 Å². The fourth-order valence-corrected chi connectivity index (χ4v) is 2.86. The Kier molecular flexibility index (Phi) is 3.07. The van der Waals surface area contributed by atoms with Crippen molar-refractivity contribution in [3.05, 3.63) is 29.6 Å². The number of nitrogens with one attached hydrogen (secondary N) is 1. The Labute approximate surface area is 112 Å². The summed E-state index contributed by atoms with van der Waals surface area (Å²) in [5, 5.41) is 12.0. The molecule has 1 aliphatic rings. The molecule has 1 fully saturated rings. The van der Waals surface area contributed by atoms with Gasteiger partial charge in [-0.1, -0.05) is 27.7 Å². The fraction of sp³-hybridized carbons (Fsp3) is 0.533. The number of benzene rings is 1. The van der Waals surface area contributed by atoms with Crippen LogP contribution in [0.4, 0.5) is 10.1 Å². The van der Waals surface area contributed by atoms with E-state index in [-0.39, 0.29) is 16.4 Å². The Morgan fingerprint density at radius 1 is 1.32 bits per heavy atom. The molecular formula is C15H20FNO2. The van der Waals surface area contributed by atoms with Crippen LogP contribution in [0.2, 0.25) is 0 Å². The third-order valence-corrected chi connectivity index (χ3v) is 5.03. The summed E-state index contributed by atoms with van der Waals surface area (Å²) in [5.41, 5.74) is 0.887. The van der Waals surface area contributed by atoms with Crippen molar-refractivity contribution in [3.8, 4) is 0 Å². The molecule has 2 N–H and O–H groups in total. The van der Waals surface area contributed by atoms with E-state index in [1.54, 1.807) is 6.07 Å². The van der Waals surface area contributed by atoms with Gasteiger partial charge in [-0.05, 0) is 34.9 Å². The minimum absolute atomic E-state index is 0.277. The minimum Gasteiger partial charge on any atom is -0.478 e. The lowest BCUT2D eigenvalue weighted by Crippen LogP contribution is -2.09. The van der Waals surface area contributed by atoms with Crippen molar-refractivity contribution in [1.82, 2.24) is 0 Å². The highest BCUT2D eigenvalue weighted by Gasteiger charge is 2.63. The normalized spacial score (nSPS) is 20.1. The van der Waals surface area contributed by atoms with Gasteiger partial charge in [0.1, 0.15) is 5.82 Å². The first-order chi connectivity index (χ1) is 8.68.